The van der Waals surface area contributed by atoms with E-state index < -0.39 is 0 Å². The predicted octanol–water partition coefficient (Wildman–Crippen LogP) is 0.804. The number of hydrogen-bond acceptors (Lipinski definition) is 1. The Hall–Kier alpha value is -0.100. The molecule has 1 N–H and O–H groups in total. The molecule has 0 aliphatic heterocycles. The van der Waals surface area contributed by atoms with Gasteiger partial charge in [0.25, 0.3) is 0 Å². The van der Waals surface area contributed by atoms with Crippen LogP contribution in [-0.2, 0) is 0 Å². The summed E-state index contributed by atoms with van der Waals surface area (Å²) in [6.45, 7) is 4.79. The van der Waals surface area contributed by atoms with Crippen molar-refractivity contribution in [3.63, 3.8) is 0 Å². The molecule has 0 saturated carbocycles. The molecule has 0 saturated heterocycles. The first-order valence-corrected chi connectivity index (χ1v) is 2.86. The van der Waals surface area contributed by atoms with Crippen LogP contribution < -0.4 is 5.09 Å². The third-order valence-corrected chi connectivity index (χ3v) is 1.02. The Kier molecular flexibility index (Phi) is 4.01. The highest BCUT2D eigenvalue weighted by molar-refractivity contribution is 7.15. The minimum absolute atomic E-state index is 0.854. The van der Waals surface area contributed by atoms with E-state index >= 15 is 0 Å². The van der Waals surface area contributed by atoms with E-state index in [-0.39, 0.29) is 0 Å². The summed E-state index contributed by atoms with van der Waals surface area (Å²) in [5, 5.41) is 2.83. The van der Waals surface area contributed by atoms with Crippen molar-refractivity contribution < 1.29 is 0 Å². The number of aliphatic imine (C=N–C) groups is 1. The van der Waals surface area contributed by atoms with Gasteiger partial charge in [-0.05, 0) is 23.2 Å². The second kappa shape index (κ2) is 4.07. The molecule has 0 aromatic rings. The largest absolute Gasteiger partial charge is 0.359 e. The fraction of sp³-hybridized carbons (Fsp3) is 0.750. The van der Waals surface area contributed by atoms with Gasteiger partial charge in [-0.3, -0.25) is 4.99 Å². The van der Waals surface area contributed by atoms with Crippen molar-refractivity contribution in [3.05, 3.63) is 0 Å². The van der Waals surface area contributed by atoms with Crippen LogP contribution in [0.5, 0.6) is 0 Å². The lowest BCUT2D eigenvalue weighted by atomic mass is 10.7. The fourth-order valence-corrected chi connectivity index (χ4v) is 0.374. The van der Waals surface area contributed by atoms with Gasteiger partial charge in [-0.25, -0.2) is 0 Å². The summed E-state index contributed by atoms with van der Waals surface area (Å²) in [4.78, 5) is 4.03. The van der Waals surface area contributed by atoms with Crippen LogP contribution in [0.25, 0.3) is 0 Å². The predicted molar refractivity (Wildman–Crippen MR) is 36.5 cm³/mol. The minimum atomic E-state index is 0.854. The van der Waals surface area contributed by atoms with Gasteiger partial charge in [-0.1, -0.05) is 0 Å². The summed E-state index contributed by atoms with van der Waals surface area (Å²) in [6.07, 6.45) is 0. The summed E-state index contributed by atoms with van der Waals surface area (Å²) in [7, 11) is 2.39. The Labute approximate surface area is 46.7 Å². The third-order valence-electron chi connectivity index (χ3n) is 0.604. The molecule has 3 heteroatoms. The van der Waals surface area contributed by atoms with E-state index in [4.69, 9.17) is 0 Å². The molecule has 0 aromatic heterocycles. The molecule has 0 bridgehead atoms. The van der Waals surface area contributed by atoms with Crippen molar-refractivity contribution in [2.24, 2.45) is 4.99 Å². The smallest absolute Gasteiger partial charge is 0.0959 e. The normalized spacial score (nSPS) is 11.6. The molecule has 2 nitrogen and oxygen atoms in total. The zero-order valence-corrected chi connectivity index (χ0v) is 5.89. The fourth-order valence-electron chi connectivity index (χ4n) is 0.283. The average molecular weight is 118 g/mol. The molecule has 0 radical (unpaired) electrons. The Bertz CT molecular complexity index is 70.1. The van der Waals surface area contributed by atoms with Gasteiger partial charge in [0.1, 0.15) is 0 Å². The van der Waals surface area contributed by atoms with Gasteiger partial charge < -0.3 is 5.09 Å². The molecule has 0 aliphatic rings. The number of nitrogens with zero attached hydrogens (tertiary/aromatic N) is 1. The lowest BCUT2D eigenvalue weighted by molar-refractivity contribution is 1.11. The van der Waals surface area contributed by atoms with Crippen molar-refractivity contribution in [2.45, 2.75) is 13.8 Å². The second-order valence-electron chi connectivity index (χ2n) is 1.20. The molecule has 0 amide bonds. The van der Waals surface area contributed by atoms with Gasteiger partial charge in [0.05, 0.1) is 5.84 Å². The number of amidine groups is 1. The van der Waals surface area contributed by atoms with E-state index in [9.17, 15) is 0 Å². The molecule has 0 fully saturated rings. The number of hydrogen-bond donors (Lipinski definition) is 1. The third kappa shape index (κ3) is 3.74. The zero-order valence-electron chi connectivity index (χ0n) is 4.73. The van der Waals surface area contributed by atoms with Gasteiger partial charge in [0.2, 0.25) is 0 Å². The van der Waals surface area contributed by atoms with Crippen molar-refractivity contribution in [2.75, 3.05) is 6.54 Å². The van der Waals surface area contributed by atoms with Crippen LogP contribution >= 0.6 is 9.39 Å². The van der Waals surface area contributed by atoms with Crippen LogP contribution in [0.1, 0.15) is 13.8 Å². The Morgan fingerprint density at radius 3 is 2.57 bits per heavy atom. The van der Waals surface area contributed by atoms with Gasteiger partial charge in [0, 0.05) is 6.54 Å². The van der Waals surface area contributed by atoms with Crippen LogP contribution in [0.2, 0.25) is 0 Å². The Morgan fingerprint density at radius 2 is 2.43 bits per heavy atom. The standard InChI is InChI=1S/C4H11N2P/c1-3-5-4(2)6-7/h3,7H2,1-2H3,(H,5,6). The molecule has 0 spiro atoms. The summed E-state index contributed by atoms with van der Waals surface area (Å²) in [5.41, 5.74) is 0. The first-order chi connectivity index (χ1) is 3.31. The maximum Gasteiger partial charge on any atom is 0.0959 e. The average Bonchev–Trinajstić information content (AvgIpc) is 1.68. The van der Waals surface area contributed by atoms with Crippen molar-refractivity contribution >= 4 is 15.2 Å². The maximum absolute atomic E-state index is 4.03. The van der Waals surface area contributed by atoms with Gasteiger partial charge in [-0.15, -0.1) is 0 Å². The van der Waals surface area contributed by atoms with E-state index in [0.29, 0.717) is 0 Å². The number of rotatable bonds is 1. The lowest BCUT2D eigenvalue weighted by Gasteiger charge is -1.92. The molecule has 7 heavy (non-hydrogen) atoms. The van der Waals surface area contributed by atoms with Crippen LogP contribution in [0.3, 0.4) is 0 Å². The summed E-state index contributed by atoms with van der Waals surface area (Å²) < 4.78 is 0. The minimum Gasteiger partial charge on any atom is -0.359 e. The van der Waals surface area contributed by atoms with Gasteiger partial charge in [-0.2, -0.15) is 0 Å². The highest BCUT2D eigenvalue weighted by Gasteiger charge is 1.75. The summed E-state index contributed by atoms with van der Waals surface area (Å²) >= 11 is 0. The molecular weight excluding hydrogens is 107 g/mol. The van der Waals surface area contributed by atoms with Crippen LogP contribution in [0.15, 0.2) is 4.99 Å². The molecule has 0 rings (SSSR count). The van der Waals surface area contributed by atoms with E-state index in [2.05, 4.69) is 19.5 Å². The summed E-state index contributed by atoms with van der Waals surface area (Å²) in [6, 6.07) is 0. The zero-order chi connectivity index (χ0) is 5.70. The van der Waals surface area contributed by atoms with E-state index in [0.717, 1.165) is 12.4 Å². The lowest BCUT2D eigenvalue weighted by Crippen LogP contribution is -2.06. The quantitative estimate of drug-likeness (QED) is 0.307. The highest BCUT2D eigenvalue weighted by Crippen LogP contribution is 1.74. The molecule has 0 aromatic carbocycles. The maximum atomic E-state index is 4.03. The molecule has 1 atom stereocenters. The molecule has 1 unspecified atom stereocenters. The van der Waals surface area contributed by atoms with Crippen molar-refractivity contribution in [3.8, 4) is 0 Å². The molecule has 0 aliphatic carbocycles. The van der Waals surface area contributed by atoms with E-state index in [1.807, 2.05) is 13.8 Å². The van der Waals surface area contributed by atoms with Crippen LogP contribution in [-0.4, -0.2) is 12.4 Å². The number of nitrogens with one attached hydrogen (secondary N) is 1. The van der Waals surface area contributed by atoms with Crippen molar-refractivity contribution in [1.82, 2.24) is 5.09 Å². The second-order valence-corrected chi connectivity index (χ2v) is 1.49. The summed E-state index contributed by atoms with van der Waals surface area (Å²) in [5.74, 6) is 0.965. The van der Waals surface area contributed by atoms with Crippen LogP contribution in [0.4, 0.5) is 0 Å². The van der Waals surface area contributed by atoms with Gasteiger partial charge in [0.15, 0.2) is 0 Å². The Morgan fingerprint density at radius 1 is 1.86 bits per heavy atom. The monoisotopic (exact) mass is 118 g/mol. The molecule has 0 heterocycles. The first-order valence-electron chi connectivity index (χ1n) is 2.29. The molecular formula is C4H11N2P. The van der Waals surface area contributed by atoms with Crippen molar-refractivity contribution in [1.29, 1.82) is 0 Å². The topological polar surface area (TPSA) is 24.4 Å². The van der Waals surface area contributed by atoms with E-state index in [1.165, 1.54) is 0 Å². The highest BCUT2D eigenvalue weighted by atomic mass is 31.0. The first kappa shape index (κ1) is 6.90. The Balaban J connectivity index is 3.29. The van der Waals surface area contributed by atoms with Crippen LogP contribution in [0, 0.1) is 0 Å². The van der Waals surface area contributed by atoms with E-state index in [1.54, 1.807) is 0 Å². The van der Waals surface area contributed by atoms with Gasteiger partial charge >= 0.3 is 0 Å². The SMILES string of the molecule is CC/N=C(\C)NP. The molecule has 42 valence electrons.